The van der Waals surface area contributed by atoms with Gasteiger partial charge in [0, 0.05) is 41.4 Å². The molecule has 0 radical (unpaired) electrons. The van der Waals surface area contributed by atoms with Crippen molar-refractivity contribution in [2.45, 2.75) is 26.2 Å². The normalized spacial score (nSPS) is 14.2. The molecule has 0 aliphatic carbocycles. The van der Waals surface area contributed by atoms with Gasteiger partial charge in [-0.2, -0.15) is 5.26 Å². The van der Waals surface area contributed by atoms with Crippen molar-refractivity contribution in [1.82, 2.24) is 4.90 Å². The van der Waals surface area contributed by atoms with Crippen LogP contribution in [-0.4, -0.2) is 48.1 Å². The maximum Gasteiger partial charge on any atom is 0.253 e. The van der Waals surface area contributed by atoms with Crippen molar-refractivity contribution in [3.63, 3.8) is 0 Å². The number of nitriles is 1. The molecule has 4 N–H and O–H groups in total. The number of hydrogen-bond donors (Lipinski definition) is 3. The summed E-state index contributed by atoms with van der Waals surface area (Å²) in [6.45, 7) is 4.80. The zero-order valence-corrected chi connectivity index (χ0v) is 18.4. The fraction of sp³-hybridized carbons (Fsp3) is 0.320. The fourth-order valence-corrected chi connectivity index (χ4v) is 3.72. The quantitative estimate of drug-likeness (QED) is 0.458. The Morgan fingerprint density at radius 1 is 1.28 bits per heavy atom. The van der Waals surface area contributed by atoms with Crippen molar-refractivity contribution in [2.24, 2.45) is 5.73 Å². The van der Waals surface area contributed by atoms with Gasteiger partial charge in [-0.3, -0.25) is 10.2 Å². The highest BCUT2D eigenvalue weighted by molar-refractivity contribution is 6.00. The molecule has 32 heavy (non-hydrogen) atoms. The Morgan fingerprint density at radius 2 is 1.97 bits per heavy atom. The third-order valence-electron chi connectivity index (χ3n) is 5.79. The van der Waals surface area contributed by atoms with Gasteiger partial charge < -0.3 is 20.5 Å². The van der Waals surface area contributed by atoms with Crippen LogP contribution in [0.15, 0.2) is 48.0 Å². The molecule has 166 valence electrons. The second-order valence-corrected chi connectivity index (χ2v) is 7.81. The number of nitrogens with two attached hydrogens (primary N) is 1. The highest BCUT2D eigenvalue weighted by atomic mass is 16.5. The predicted molar refractivity (Wildman–Crippen MR) is 123 cm³/mol. The highest BCUT2D eigenvalue weighted by Gasteiger charge is 2.32. The lowest BCUT2D eigenvalue weighted by Gasteiger charge is -2.39. The Kier molecular flexibility index (Phi) is 7.29. The first-order valence-corrected chi connectivity index (χ1v) is 10.6. The van der Waals surface area contributed by atoms with E-state index in [1.54, 1.807) is 30.0 Å². The molecule has 0 aromatic heterocycles. The van der Waals surface area contributed by atoms with Crippen molar-refractivity contribution in [2.75, 3.05) is 26.3 Å². The molecule has 0 spiro atoms. The molecule has 2 aromatic rings. The summed E-state index contributed by atoms with van der Waals surface area (Å²) >= 11 is 0. The second kappa shape index (κ2) is 10.1. The maximum absolute atomic E-state index is 13.1. The van der Waals surface area contributed by atoms with Crippen LogP contribution in [0.5, 0.6) is 0 Å². The summed E-state index contributed by atoms with van der Waals surface area (Å²) in [4.78, 5) is 14.9. The van der Waals surface area contributed by atoms with E-state index in [2.05, 4.69) is 6.07 Å². The molecule has 7 heteroatoms. The van der Waals surface area contributed by atoms with Crippen molar-refractivity contribution in [3.05, 3.63) is 75.9 Å². The van der Waals surface area contributed by atoms with Crippen LogP contribution >= 0.6 is 0 Å². The number of likely N-dealkylation sites (tertiary alicyclic amines) is 1. The monoisotopic (exact) mass is 432 g/mol. The van der Waals surface area contributed by atoms with Gasteiger partial charge >= 0.3 is 0 Å². The smallest absolute Gasteiger partial charge is 0.253 e. The summed E-state index contributed by atoms with van der Waals surface area (Å²) < 4.78 is 5.18. The van der Waals surface area contributed by atoms with Gasteiger partial charge in [0.1, 0.15) is 6.61 Å². The average molecular weight is 433 g/mol. The minimum Gasteiger partial charge on any atom is -0.475 e. The second-order valence-electron chi connectivity index (χ2n) is 7.81. The number of carbonyl (C=O) groups is 1. The zero-order chi connectivity index (χ0) is 23.3. The molecule has 3 rings (SSSR count). The molecule has 1 heterocycles. The molecule has 0 bridgehead atoms. The van der Waals surface area contributed by atoms with E-state index in [-0.39, 0.29) is 30.9 Å². The number of nitrogens with zero attached hydrogens (tertiary/aromatic N) is 2. The van der Waals surface area contributed by atoms with Gasteiger partial charge in [0.05, 0.1) is 18.2 Å². The topological polar surface area (TPSA) is 123 Å². The van der Waals surface area contributed by atoms with Crippen LogP contribution < -0.4 is 5.73 Å². The molecule has 1 aliphatic rings. The first-order chi connectivity index (χ1) is 15.4. The van der Waals surface area contributed by atoms with Crippen LogP contribution in [-0.2, 0) is 11.2 Å². The van der Waals surface area contributed by atoms with Gasteiger partial charge in [-0.15, -0.1) is 0 Å². The maximum atomic E-state index is 13.1. The highest BCUT2D eigenvalue weighted by Crippen LogP contribution is 2.29. The molecule has 1 aliphatic heterocycles. The SMILES string of the molecule is CCc1ccc(C(=O)N2CC(c3ccc(C#N)cc3)C2)cc1/C(N)=C(\C)C(=N)OCCO. The lowest BCUT2D eigenvalue weighted by molar-refractivity contribution is 0.0602. The Morgan fingerprint density at radius 3 is 2.56 bits per heavy atom. The minimum atomic E-state index is -0.181. The van der Waals surface area contributed by atoms with E-state index in [1.165, 1.54) is 0 Å². The van der Waals surface area contributed by atoms with E-state index < -0.39 is 0 Å². The minimum absolute atomic E-state index is 0.0258. The molecule has 0 unspecified atom stereocenters. The van der Waals surface area contributed by atoms with Crippen LogP contribution in [0.3, 0.4) is 0 Å². The van der Waals surface area contributed by atoms with Crippen LogP contribution in [0, 0.1) is 16.7 Å². The molecule has 1 fully saturated rings. The first-order valence-electron chi connectivity index (χ1n) is 10.6. The number of nitrogens with one attached hydrogen (secondary N) is 1. The predicted octanol–water partition coefficient (Wildman–Crippen LogP) is 3.04. The van der Waals surface area contributed by atoms with E-state index in [9.17, 15) is 4.79 Å². The van der Waals surface area contributed by atoms with Crippen molar-refractivity contribution in [3.8, 4) is 6.07 Å². The number of benzene rings is 2. The lowest BCUT2D eigenvalue weighted by Crippen LogP contribution is -2.48. The summed E-state index contributed by atoms with van der Waals surface area (Å²) in [6, 6.07) is 15.1. The summed E-state index contributed by atoms with van der Waals surface area (Å²) in [5.41, 5.74) is 11.2. The Hall–Kier alpha value is -3.63. The lowest BCUT2D eigenvalue weighted by atomic mass is 9.90. The molecule has 2 aromatic carbocycles. The summed E-state index contributed by atoms with van der Waals surface area (Å²) in [6.07, 6.45) is 0.729. The van der Waals surface area contributed by atoms with E-state index in [1.807, 2.05) is 31.2 Å². The number of aliphatic hydroxyl groups excluding tert-OH is 1. The molecular weight excluding hydrogens is 404 g/mol. The van der Waals surface area contributed by atoms with Crippen LogP contribution in [0.2, 0.25) is 0 Å². The van der Waals surface area contributed by atoms with Gasteiger partial charge in [-0.25, -0.2) is 0 Å². The third-order valence-corrected chi connectivity index (χ3v) is 5.79. The number of rotatable bonds is 7. The van der Waals surface area contributed by atoms with E-state index in [0.717, 1.165) is 23.1 Å². The summed E-state index contributed by atoms with van der Waals surface area (Å²) in [5, 5.41) is 25.9. The number of hydrogen-bond acceptors (Lipinski definition) is 6. The summed E-state index contributed by atoms with van der Waals surface area (Å²) in [5.74, 6) is 0.108. The number of ether oxygens (including phenoxy) is 1. The van der Waals surface area contributed by atoms with Gasteiger partial charge in [0.15, 0.2) is 0 Å². The van der Waals surface area contributed by atoms with Gasteiger partial charge in [-0.1, -0.05) is 25.1 Å². The van der Waals surface area contributed by atoms with Crippen molar-refractivity contribution in [1.29, 1.82) is 10.7 Å². The standard InChI is InChI=1S/C25H28N4O3/c1-3-18-8-9-20(12-22(18)23(27)16(2)24(28)32-11-10-30)25(31)29-14-21(15-29)19-6-4-17(13-26)5-7-19/h4-9,12,21,28,30H,3,10-11,14-15,27H2,1-2H3/b23-16-,28-24?. The van der Waals surface area contributed by atoms with Crippen molar-refractivity contribution < 1.29 is 14.6 Å². The number of carbonyl (C=O) groups excluding carboxylic acids is 1. The van der Waals surface area contributed by atoms with Crippen LogP contribution in [0.4, 0.5) is 0 Å². The van der Waals surface area contributed by atoms with E-state index in [4.69, 9.17) is 26.2 Å². The fourth-order valence-electron chi connectivity index (χ4n) is 3.72. The Labute approximate surface area is 188 Å². The molecule has 1 saturated heterocycles. The van der Waals surface area contributed by atoms with Gasteiger partial charge in [0.25, 0.3) is 5.91 Å². The molecule has 0 atom stereocenters. The Balaban J connectivity index is 1.77. The zero-order valence-electron chi connectivity index (χ0n) is 18.4. The van der Waals surface area contributed by atoms with E-state index in [0.29, 0.717) is 35.5 Å². The number of aliphatic hydroxyl groups is 1. The largest absolute Gasteiger partial charge is 0.475 e. The molecule has 7 nitrogen and oxygen atoms in total. The average Bonchev–Trinajstić information content (AvgIpc) is 2.80. The molecular formula is C25H28N4O3. The number of amides is 1. The third kappa shape index (κ3) is 4.82. The molecule has 1 amide bonds. The van der Waals surface area contributed by atoms with E-state index >= 15 is 0 Å². The van der Waals surface area contributed by atoms with Crippen LogP contribution in [0.1, 0.15) is 52.4 Å². The van der Waals surface area contributed by atoms with Gasteiger partial charge in [-0.05, 0) is 48.7 Å². The first kappa shape index (κ1) is 23.0. The van der Waals surface area contributed by atoms with Crippen molar-refractivity contribution >= 4 is 17.5 Å². The molecule has 0 saturated carbocycles. The van der Waals surface area contributed by atoms with Gasteiger partial charge in [0.2, 0.25) is 5.90 Å². The summed E-state index contributed by atoms with van der Waals surface area (Å²) in [7, 11) is 0. The van der Waals surface area contributed by atoms with Crippen LogP contribution in [0.25, 0.3) is 5.70 Å². The Bertz CT molecular complexity index is 1080. The number of aryl methyl sites for hydroxylation is 1.